The summed E-state index contributed by atoms with van der Waals surface area (Å²) in [6.07, 6.45) is -7.71. The molecule has 0 radical (unpaired) electrons. The molecule has 0 aliphatic heterocycles. The van der Waals surface area contributed by atoms with Gasteiger partial charge in [0.2, 0.25) is 6.41 Å². The summed E-state index contributed by atoms with van der Waals surface area (Å²) in [7, 11) is -5.37. The van der Waals surface area contributed by atoms with Crippen LogP contribution >= 0.6 is 7.60 Å². The van der Waals surface area contributed by atoms with Gasteiger partial charge in [-0.25, -0.2) is 5.06 Å². The normalized spacial score (nSPS) is 17.4. The zero-order valence-corrected chi connectivity index (χ0v) is 16.0. The van der Waals surface area contributed by atoms with Gasteiger partial charge in [-0.2, -0.15) is 8.78 Å². The molecular formula is C16H24F2NO8P. The van der Waals surface area contributed by atoms with Gasteiger partial charge in [0, 0.05) is 0 Å². The summed E-state index contributed by atoms with van der Waals surface area (Å²) in [5.41, 5.74) is -3.64. The van der Waals surface area contributed by atoms with E-state index in [-0.39, 0.29) is 13.0 Å². The minimum atomic E-state index is -5.37. The number of nitrogens with zero attached hydrogens (tertiary/aromatic N) is 1. The predicted molar refractivity (Wildman–Crippen MR) is 93.0 cm³/mol. The van der Waals surface area contributed by atoms with E-state index >= 15 is 0 Å². The van der Waals surface area contributed by atoms with E-state index < -0.39 is 51.1 Å². The summed E-state index contributed by atoms with van der Waals surface area (Å²) < 4.78 is 43.2. The predicted octanol–water partition coefficient (Wildman–Crippen LogP) is 0.864. The first-order valence-corrected chi connectivity index (χ1v) is 9.90. The summed E-state index contributed by atoms with van der Waals surface area (Å²) in [4.78, 5) is 25.4. The van der Waals surface area contributed by atoms with Gasteiger partial charge in [-0.05, 0) is 12.5 Å². The van der Waals surface area contributed by atoms with Gasteiger partial charge >= 0.3 is 13.3 Å². The molecule has 1 rings (SSSR count). The van der Waals surface area contributed by atoms with E-state index in [2.05, 4.69) is 4.52 Å². The number of aliphatic hydroxyl groups excluding tert-OH is 3. The Morgan fingerprint density at radius 2 is 1.82 bits per heavy atom. The highest BCUT2D eigenvalue weighted by Gasteiger charge is 2.53. The number of carbonyl (C=O) groups excluding carboxylic acids is 1. The Hall–Kier alpha value is -1.46. The van der Waals surface area contributed by atoms with E-state index in [1.54, 1.807) is 30.3 Å². The Morgan fingerprint density at radius 3 is 2.36 bits per heavy atom. The highest BCUT2D eigenvalue weighted by molar-refractivity contribution is 7.54. The number of alkyl halides is 2. The smallest absolute Gasteiger partial charge is 0.390 e. The summed E-state index contributed by atoms with van der Waals surface area (Å²) in [6, 6.07) is 8.68. The van der Waals surface area contributed by atoms with Crippen LogP contribution in [-0.2, 0) is 25.3 Å². The van der Waals surface area contributed by atoms with Gasteiger partial charge in [-0.15, -0.1) is 0 Å². The van der Waals surface area contributed by atoms with E-state index in [4.69, 9.17) is 4.84 Å². The minimum Gasteiger partial charge on any atom is -0.390 e. The maximum Gasteiger partial charge on any atom is 0.397 e. The quantitative estimate of drug-likeness (QED) is 0.207. The Labute approximate surface area is 160 Å². The van der Waals surface area contributed by atoms with Crippen molar-refractivity contribution in [3.63, 3.8) is 0 Å². The summed E-state index contributed by atoms with van der Waals surface area (Å²) in [5.74, 6) is 0. The number of benzene rings is 1. The van der Waals surface area contributed by atoms with Gasteiger partial charge in [0.05, 0.1) is 25.7 Å². The van der Waals surface area contributed by atoms with Crippen molar-refractivity contribution >= 4 is 14.0 Å². The average Bonchev–Trinajstić information content (AvgIpc) is 2.64. The molecule has 0 bridgehead atoms. The van der Waals surface area contributed by atoms with Crippen LogP contribution in [0.3, 0.4) is 0 Å². The van der Waals surface area contributed by atoms with Crippen LogP contribution in [0.1, 0.15) is 18.9 Å². The molecule has 0 aliphatic rings. The molecule has 1 amide bonds. The lowest BCUT2D eigenvalue weighted by Gasteiger charge is -2.29. The molecule has 4 N–H and O–H groups in total. The van der Waals surface area contributed by atoms with Gasteiger partial charge in [0.15, 0.2) is 0 Å². The summed E-state index contributed by atoms with van der Waals surface area (Å²) >= 11 is 0. The first kappa shape index (κ1) is 24.6. The van der Waals surface area contributed by atoms with Crippen LogP contribution in [0.4, 0.5) is 8.78 Å². The molecule has 0 aliphatic carbocycles. The fourth-order valence-electron chi connectivity index (χ4n) is 2.16. The van der Waals surface area contributed by atoms with Gasteiger partial charge in [-0.3, -0.25) is 14.2 Å². The van der Waals surface area contributed by atoms with Crippen molar-refractivity contribution in [2.75, 3.05) is 13.2 Å². The third-order valence-electron chi connectivity index (χ3n) is 3.69. The Bertz CT molecular complexity index is 651. The van der Waals surface area contributed by atoms with Gasteiger partial charge in [0.25, 0.3) is 0 Å². The van der Waals surface area contributed by atoms with Crippen molar-refractivity contribution in [1.82, 2.24) is 5.06 Å². The van der Waals surface area contributed by atoms with E-state index in [9.17, 15) is 38.4 Å². The fraction of sp³-hybridized carbons (Fsp3) is 0.562. The molecule has 1 unspecified atom stereocenters. The van der Waals surface area contributed by atoms with E-state index in [0.29, 0.717) is 10.6 Å². The van der Waals surface area contributed by atoms with Crippen LogP contribution in [-0.4, -0.2) is 68.8 Å². The number of carbonyl (C=O) groups is 1. The van der Waals surface area contributed by atoms with Crippen molar-refractivity contribution < 1.29 is 47.7 Å². The first-order chi connectivity index (χ1) is 13.0. The van der Waals surface area contributed by atoms with Gasteiger partial charge in [-0.1, -0.05) is 30.3 Å². The topological polar surface area (TPSA) is 137 Å². The standard InChI is InChI=1S/C16H24F2NO8P/c1-2-27-28(24,25)16(17,18)8-13(21)15(23)14(22)9-19(11-20)26-10-12-6-4-3-5-7-12/h3-7,11,13-15,21-23H,2,8-10H2,1H3,(H,24,25)/t13-,14+,15-/m1/s1. The van der Waals surface area contributed by atoms with E-state index in [1.807, 2.05) is 0 Å². The number of rotatable bonds is 13. The Kier molecular flexibility index (Phi) is 9.58. The molecule has 160 valence electrons. The molecule has 0 spiro atoms. The minimum absolute atomic E-state index is 0.0366. The molecule has 1 aromatic carbocycles. The van der Waals surface area contributed by atoms with Gasteiger partial charge < -0.3 is 24.7 Å². The molecule has 0 fully saturated rings. The van der Waals surface area contributed by atoms with Crippen LogP contribution in [0.5, 0.6) is 0 Å². The maximum atomic E-state index is 13.8. The highest BCUT2D eigenvalue weighted by atomic mass is 31.2. The molecule has 0 heterocycles. The third-order valence-corrected chi connectivity index (χ3v) is 5.30. The van der Waals surface area contributed by atoms with Crippen molar-refractivity contribution in [3.8, 4) is 0 Å². The number of amides is 1. The molecular weight excluding hydrogens is 403 g/mol. The second kappa shape index (κ2) is 10.9. The second-order valence-electron chi connectivity index (χ2n) is 5.90. The molecule has 0 saturated carbocycles. The maximum absolute atomic E-state index is 13.8. The van der Waals surface area contributed by atoms with Crippen molar-refractivity contribution in [2.24, 2.45) is 0 Å². The Balaban J connectivity index is 2.62. The number of hydroxylamine groups is 2. The van der Waals surface area contributed by atoms with Crippen molar-refractivity contribution in [2.45, 2.75) is 43.9 Å². The molecule has 9 nitrogen and oxygen atoms in total. The number of hydrogen-bond acceptors (Lipinski definition) is 7. The summed E-state index contributed by atoms with van der Waals surface area (Å²) in [5, 5.41) is 30.1. The van der Waals surface area contributed by atoms with Crippen LogP contribution in [0, 0.1) is 0 Å². The molecule has 28 heavy (non-hydrogen) atoms. The zero-order chi connectivity index (χ0) is 21.4. The Morgan fingerprint density at radius 1 is 1.21 bits per heavy atom. The average molecular weight is 427 g/mol. The van der Waals surface area contributed by atoms with E-state index in [1.165, 1.54) is 6.92 Å². The van der Waals surface area contributed by atoms with Crippen LogP contribution in [0.2, 0.25) is 0 Å². The third kappa shape index (κ3) is 7.17. The molecule has 0 aromatic heterocycles. The monoisotopic (exact) mass is 427 g/mol. The van der Waals surface area contributed by atoms with Crippen LogP contribution in [0.15, 0.2) is 30.3 Å². The first-order valence-electron chi connectivity index (χ1n) is 8.32. The van der Waals surface area contributed by atoms with Crippen LogP contribution < -0.4 is 0 Å². The highest BCUT2D eigenvalue weighted by Crippen LogP contribution is 2.59. The van der Waals surface area contributed by atoms with Gasteiger partial charge in [0.1, 0.15) is 18.8 Å². The molecule has 0 saturated heterocycles. The lowest BCUT2D eigenvalue weighted by Crippen LogP contribution is -2.46. The largest absolute Gasteiger partial charge is 0.397 e. The fourth-order valence-corrected chi connectivity index (χ4v) is 3.12. The molecule has 12 heteroatoms. The zero-order valence-electron chi connectivity index (χ0n) is 15.1. The second-order valence-corrected chi connectivity index (χ2v) is 7.85. The number of hydrogen-bond donors (Lipinski definition) is 4. The molecule has 4 atom stereocenters. The van der Waals surface area contributed by atoms with Crippen molar-refractivity contribution in [3.05, 3.63) is 35.9 Å². The van der Waals surface area contributed by atoms with Crippen LogP contribution in [0.25, 0.3) is 0 Å². The lowest BCUT2D eigenvalue weighted by atomic mass is 10.1. The summed E-state index contributed by atoms with van der Waals surface area (Å²) in [6.45, 7) is 0.0998. The van der Waals surface area contributed by atoms with E-state index in [0.717, 1.165) is 0 Å². The van der Waals surface area contributed by atoms with Crippen molar-refractivity contribution in [1.29, 1.82) is 0 Å². The number of halogens is 2. The lowest BCUT2D eigenvalue weighted by molar-refractivity contribution is -0.193. The molecule has 1 aromatic rings. The number of aliphatic hydroxyl groups is 3. The SMILES string of the molecule is CCOP(=O)(O)C(F)(F)C[C@@H](O)[C@@H](O)[C@@H](O)CN(C=O)OCc1ccccc1.